The van der Waals surface area contributed by atoms with Gasteiger partial charge in [0.15, 0.2) is 5.65 Å². The third-order valence-corrected chi connectivity index (χ3v) is 4.61. The molecule has 1 N–H and O–H groups in total. The van der Waals surface area contributed by atoms with E-state index in [1.54, 1.807) is 14.2 Å². The van der Waals surface area contributed by atoms with Crippen molar-refractivity contribution in [2.75, 3.05) is 19.5 Å². The van der Waals surface area contributed by atoms with Crippen molar-refractivity contribution in [2.45, 2.75) is 13.8 Å². The van der Waals surface area contributed by atoms with Gasteiger partial charge in [-0.2, -0.15) is 9.61 Å². The number of hydrogen-bond acceptors (Lipinski definition) is 5. The monoisotopic (exact) mass is 374 g/mol. The van der Waals surface area contributed by atoms with Gasteiger partial charge >= 0.3 is 0 Å². The molecule has 28 heavy (non-hydrogen) atoms. The highest BCUT2D eigenvalue weighted by atomic mass is 16.5. The molecule has 0 radical (unpaired) electrons. The van der Waals surface area contributed by atoms with Gasteiger partial charge < -0.3 is 14.8 Å². The second kappa shape index (κ2) is 7.23. The summed E-state index contributed by atoms with van der Waals surface area (Å²) in [5.74, 6) is 2.42. The lowest BCUT2D eigenvalue weighted by atomic mass is 10.1. The molecule has 0 atom stereocenters. The number of fused-ring (bicyclic) bond motifs is 1. The maximum Gasteiger partial charge on any atom is 0.165 e. The minimum atomic E-state index is 0.785. The third kappa shape index (κ3) is 3.13. The van der Waals surface area contributed by atoms with E-state index in [-0.39, 0.29) is 0 Å². The van der Waals surface area contributed by atoms with Crippen molar-refractivity contribution in [2.24, 2.45) is 0 Å². The minimum Gasteiger partial charge on any atom is -0.497 e. The van der Waals surface area contributed by atoms with Gasteiger partial charge in [-0.25, -0.2) is 4.98 Å². The molecule has 2 aromatic carbocycles. The molecule has 6 heteroatoms. The van der Waals surface area contributed by atoms with Gasteiger partial charge in [-0.3, -0.25) is 0 Å². The summed E-state index contributed by atoms with van der Waals surface area (Å²) in [5, 5.41) is 8.18. The normalized spacial score (nSPS) is 10.9. The Balaban J connectivity index is 1.88. The fourth-order valence-corrected chi connectivity index (χ4v) is 3.35. The van der Waals surface area contributed by atoms with Crippen molar-refractivity contribution in [1.29, 1.82) is 0 Å². The van der Waals surface area contributed by atoms with Crippen LogP contribution in [0.3, 0.4) is 0 Å². The number of para-hydroxylation sites is 1. The van der Waals surface area contributed by atoms with Crippen molar-refractivity contribution in [1.82, 2.24) is 14.6 Å². The molecule has 0 amide bonds. The molecule has 0 saturated heterocycles. The van der Waals surface area contributed by atoms with E-state index in [1.165, 1.54) is 0 Å². The molecule has 6 nitrogen and oxygen atoms in total. The first-order valence-electron chi connectivity index (χ1n) is 9.02. The Morgan fingerprint density at radius 1 is 0.929 bits per heavy atom. The lowest BCUT2D eigenvalue weighted by molar-refractivity contribution is 0.415. The number of nitrogens with zero attached hydrogens (tertiary/aromatic N) is 3. The summed E-state index contributed by atoms with van der Waals surface area (Å²) in [6, 6.07) is 17.7. The van der Waals surface area contributed by atoms with E-state index in [9.17, 15) is 0 Å². The Labute approximate surface area is 163 Å². The molecule has 0 aliphatic carbocycles. The van der Waals surface area contributed by atoms with E-state index >= 15 is 0 Å². The van der Waals surface area contributed by atoms with Crippen molar-refractivity contribution >= 4 is 17.2 Å². The first-order valence-corrected chi connectivity index (χ1v) is 9.02. The molecule has 0 aliphatic rings. The van der Waals surface area contributed by atoms with Crippen LogP contribution in [0.4, 0.5) is 11.5 Å². The molecule has 142 valence electrons. The Morgan fingerprint density at radius 3 is 2.54 bits per heavy atom. The van der Waals surface area contributed by atoms with Crippen LogP contribution < -0.4 is 14.8 Å². The molecular weight excluding hydrogens is 352 g/mol. The smallest absolute Gasteiger partial charge is 0.165 e. The van der Waals surface area contributed by atoms with Crippen molar-refractivity contribution in [3.8, 4) is 22.6 Å². The molecule has 2 aromatic heterocycles. The second-order valence-corrected chi connectivity index (χ2v) is 6.54. The largest absolute Gasteiger partial charge is 0.497 e. The van der Waals surface area contributed by atoms with Gasteiger partial charge in [0.2, 0.25) is 0 Å². The van der Waals surface area contributed by atoms with E-state index in [4.69, 9.17) is 19.6 Å². The number of methoxy groups -OCH3 is 2. The summed E-state index contributed by atoms with van der Waals surface area (Å²) in [6.07, 6.45) is 0. The first kappa shape index (κ1) is 17.9. The van der Waals surface area contributed by atoms with Crippen LogP contribution in [0.5, 0.6) is 11.5 Å². The number of nitrogens with one attached hydrogen (secondary N) is 1. The third-order valence-electron chi connectivity index (χ3n) is 4.61. The molecule has 2 heterocycles. The molecule has 0 aliphatic heterocycles. The highest BCUT2D eigenvalue weighted by molar-refractivity contribution is 5.84. The second-order valence-electron chi connectivity index (χ2n) is 6.54. The topological polar surface area (TPSA) is 60.7 Å². The van der Waals surface area contributed by atoms with Gasteiger partial charge in [0.1, 0.15) is 17.3 Å². The first-order chi connectivity index (χ1) is 13.6. The summed E-state index contributed by atoms with van der Waals surface area (Å²) in [6.45, 7) is 3.96. The van der Waals surface area contributed by atoms with E-state index in [1.807, 2.05) is 73.0 Å². The summed E-state index contributed by atoms with van der Waals surface area (Å²) >= 11 is 0. The standard InChI is InChI=1S/C22H22N4O2/c1-14-12-20(24-16-8-7-9-17(13-16)27-3)26-22(23-14)21(15(2)25-26)18-10-5-6-11-19(18)28-4/h5-13,24H,1-4H3. The molecular formula is C22H22N4O2. The quantitative estimate of drug-likeness (QED) is 0.545. The molecule has 0 unspecified atom stereocenters. The lowest BCUT2D eigenvalue weighted by Gasteiger charge is -2.11. The predicted molar refractivity (Wildman–Crippen MR) is 111 cm³/mol. The average molecular weight is 374 g/mol. The van der Waals surface area contributed by atoms with Crippen molar-refractivity contribution < 1.29 is 9.47 Å². The van der Waals surface area contributed by atoms with Crippen LogP contribution in [0.25, 0.3) is 16.8 Å². The van der Waals surface area contributed by atoms with Gasteiger partial charge in [-0.05, 0) is 32.0 Å². The molecule has 0 saturated carbocycles. The highest BCUT2D eigenvalue weighted by Crippen LogP contribution is 2.35. The van der Waals surface area contributed by atoms with Crippen molar-refractivity contribution in [3.63, 3.8) is 0 Å². The van der Waals surface area contributed by atoms with Crippen LogP contribution in [0.1, 0.15) is 11.4 Å². The zero-order valence-electron chi connectivity index (χ0n) is 16.4. The summed E-state index contributed by atoms with van der Waals surface area (Å²) < 4.78 is 12.7. The molecule has 4 aromatic rings. The summed E-state index contributed by atoms with van der Waals surface area (Å²) in [5.41, 5.74) is 5.42. The van der Waals surface area contributed by atoms with Crippen LogP contribution in [0.15, 0.2) is 54.6 Å². The van der Waals surface area contributed by atoms with Gasteiger partial charge in [0.05, 0.1) is 25.5 Å². The van der Waals surface area contributed by atoms with E-state index in [0.29, 0.717) is 0 Å². The van der Waals surface area contributed by atoms with Crippen LogP contribution in [0.2, 0.25) is 0 Å². The predicted octanol–water partition coefficient (Wildman–Crippen LogP) is 4.77. The molecule has 0 spiro atoms. The fraction of sp³-hybridized carbons (Fsp3) is 0.182. The minimum absolute atomic E-state index is 0.785. The van der Waals surface area contributed by atoms with Gasteiger partial charge in [0.25, 0.3) is 0 Å². The Morgan fingerprint density at radius 2 is 1.75 bits per heavy atom. The Bertz CT molecular complexity index is 1150. The Hall–Kier alpha value is -3.54. The average Bonchev–Trinajstić information content (AvgIpc) is 3.04. The lowest BCUT2D eigenvalue weighted by Crippen LogP contribution is -2.03. The maximum absolute atomic E-state index is 5.56. The summed E-state index contributed by atoms with van der Waals surface area (Å²) in [4.78, 5) is 4.76. The van der Waals surface area contributed by atoms with Gasteiger partial charge in [0, 0.05) is 29.1 Å². The van der Waals surface area contributed by atoms with Crippen LogP contribution >= 0.6 is 0 Å². The van der Waals surface area contributed by atoms with Crippen molar-refractivity contribution in [3.05, 3.63) is 66.0 Å². The molecule has 4 rings (SSSR count). The number of aryl methyl sites for hydroxylation is 2. The maximum atomic E-state index is 5.56. The number of aromatic nitrogens is 3. The fourth-order valence-electron chi connectivity index (χ4n) is 3.35. The van der Waals surface area contributed by atoms with Crippen LogP contribution in [0, 0.1) is 13.8 Å². The number of ether oxygens (including phenoxy) is 2. The van der Waals surface area contributed by atoms with Crippen LogP contribution in [-0.2, 0) is 0 Å². The van der Waals surface area contributed by atoms with E-state index in [0.717, 1.165) is 51.2 Å². The number of rotatable bonds is 5. The summed E-state index contributed by atoms with van der Waals surface area (Å²) in [7, 11) is 3.33. The zero-order chi connectivity index (χ0) is 19.7. The number of anilines is 2. The highest BCUT2D eigenvalue weighted by Gasteiger charge is 2.18. The van der Waals surface area contributed by atoms with E-state index in [2.05, 4.69) is 5.32 Å². The SMILES string of the molecule is COc1cccc(Nc2cc(C)nc3c(-c4ccccc4OC)c(C)nn23)c1. The molecule has 0 fully saturated rings. The number of benzene rings is 2. The number of hydrogen-bond donors (Lipinski definition) is 1. The van der Waals surface area contributed by atoms with Crippen LogP contribution in [-0.4, -0.2) is 28.8 Å². The molecule has 0 bridgehead atoms. The van der Waals surface area contributed by atoms with Gasteiger partial charge in [-0.1, -0.05) is 24.3 Å². The van der Waals surface area contributed by atoms with Gasteiger partial charge in [-0.15, -0.1) is 0 Å². The Kier molecular flexibility index (Phi) is 4.61. The zero-order valence-corrected chi connectivity index (χ0v) is 16.4. The van der Waals surface area contributed by atoms with E-state index < -0.39 is 0 Å².